The molecular formula is C9H17N3O. The molecule has 1 rings (SSSR count). The predicted octanol–water partition coefficient (Wildman–Crippen LogP) is 0.516. The molecule has 1 aromatic rings. The normalized spacial score (nSPS) is 13.5. The van der Waals surface area contributed by atoms with Gasteiger partial charge < -0.3 is 15.4 Å². The topological polar surface area (TPSA) is 60.9 Å². The number of aromatic nitrogens is 2. The van der Waals surface area contributed by atoms with Crippen LogP contribution in [0.5, 0.6) is 0 Å². The van der Waals surface area contributed by atoms with Crippen LogP contribution in [0.4, 0.5) is 0 Å². The van der Waals surface area contributed by atoms with Gasteiger partial charge in [-0.05, 0) is 5.92 Å². The first kappa shape index (κ1) is 10.2. The second-order valence-electron chi connectivity index (χ2n) is 3.48. The first-order chi connectivity index (χ1) is 6.20. The van der Waals surface area contributed by atoms with E-state index in [1.165, 1.54) is 0 Å². The molecule has 1 heterocycles. The summed E-state index contributed by atoms with van der Waals surface area (Å²) in [5.41, 5.74) is 0. The van der Waals surface area contributed by atoms with Crippen molar-refractivity contribution in [2.45, 2.75) is 26.5 Å². The Labute approximate surface area is 78.4 Å². The molecule has 0 spiro atoms. The van der Waals surface area contributed by atoms with Gasteiger partial charge in [0.15, 0.2) is 0 Å². The standard InChI is InChI=1S/C9H17N3O/c1-7(2)8(13)5-10-6-9-11-3-4-12-9/h3-4,7-8,10,13H,5-6H2,1-2H3,(H,11,12). The van der Waals surface area contributed by atoms with Crippen molar-refractivity contribution < 1.29 is 5.11 Å². The summed E-state index contributed by atoms with van der Waals surface area (Å²) in [4.78, 5) is 7.04. The van der Waals surface area contributed by atoms with Gasteiger partial charge in [-0.2, -0.15) is 0 Å². The third-order valence-electron chi connectivity index (χ3n) is 1.97. The zero-order valence-electron chi connectivity index (χ0n) is 8.12. The molecule has 0 aliphatic rings. The number of aromatic amines is 1. The number of hydrogen-bond donors (Lipinski definition) is 3. The van der Waals surface area contributed by atoms with E-state index in [1.54, 1.807) is 12.4 Å². The Bertz CT molecular complexity index is 221. The number of aliphatic hydroxyl groups excluding tert-OH is 1. The van der Waals surface area contributed by atoms with E-state index in [2.05, 4.69) is 15.3 Å². The molecule has 3 N–H and O–H groups in total. The summed E-state index contributed by atoms with van der Waals surface area (Å²) < 4.78 is 0. The van der Waals surface area contributed by atoms with Crippen molar-refractivity contribution in [1.29, 1.82) is 0 Å². The van der Waals surface area contributed by atoms with Crippen molar-refractivity contribution in [2.75, 3.05) is 6.54 Å². The van der Waals surface area contributed by atoms with Crippen LogP contribution in [-0.4, -0.2) is 27.7 Å². The summed E-state index contributed by atoms with van der Waals surface area (Å²) in [7, 11) is 0. The lowest BCUT2D eigenvalue weighted by atomic mass is 10.1. The smallest absolute Gasteiger partial charge is 0.120 e. The second kappa shape index (κ2) is 4.99. The second-order valence-corrected chi connectivity index (χ2v) is 3.48. The van der Waals surface area contributed by atoms with Crippen molar-refractivity contribution >= 4 is 0 Å². The van der Waals surface area contributed by atoms with E-state index in [9.17, 15) is 5.11 Å². The average molecular weight is 183 g/mol. The highest BCUT2D eigenvalue weighted by atomic mass is 16.3. The molecule has 0 saturated heterocycles. The molecule has 0 radical (unpaired) electrons. The Morgan fingerprint density at radius 3 is 2.92 bits per heavy atom. The maximum Gasteiger partial charge on any atom is 0.120 e. The molecule has 0 bridgehead atoms. The molecule has 0 amide bonds. The molecule has 13 heavy (non-hydrogen) atoms. The van der Waals surface area contributed by atoms with Crippen LogP contribution in [0.2, 0.25) is 0 Å². The number of imidazole rings is 1. The molecule has 4 nitrogen and oxygen atoms in total. The fourth-order valence-electron chi connectivity index (χ4n) is 0.969. The Kier molecular flexibility index (Phi) is 3.92. The molecule has 0 aliphatic carbocycles. The largest absolute Gasteiger partial charge is 0.392 e. The maximum absolute atomic E-state index is 9.46. The maximum atomic E-state index is 9.46. The molecule has 0 aliphatic heterocycles. The summed E-state index contributed by atoms with van der Waals surface area (Å²) in [6, 6.07) is 0. The Balaban J connectivity index is 2.14. The highest BCUT2D eigenvalue weighted by Gasteiger charge is 2.07. The first-order valence-electron chi connectivity index (χ1n) is 4.57. The summed E-state index contributed by atoms with van der Waals surface area (Å²) in [5, 5.41) is 12.6. The highest BCUT2D eigenvalue weighted by molar-refractivity contribution is 4.86. The monoisotopic (exact) mass is 183 g/mol. The number of nitrogens with one attached hydrogen (secondary N) is 2. The summed E-state index contributed by atoms with van der Waals surface area (Å²) in [5.74, 6) is 1.19. The summed E-state index contributed by atoms with van der Waals surface area (Å²) >= 11 is 0. The van der Waals surface area contributed by atoms with Crippen LogP contribution in [0.3, 0.4) is 0 Å². The number of nitrogens with zero attached hydrogens (tertiary/aromatic N) is 1. The number of H-pyrrole nitrogens is 1. The molecule has 0 aromatic carbocycles. The van der Waals surface area contributed by atoms with E-state index >= 15 is 0 Å². The van der Waals surface area contributed by atoms with Crippen LogP contribution in [0.25, 0.3) is 0 Å². The lowest BCUT2D eigenvalue weighted by molar-refractivity contribution is 0.123. The fraction of sp³-hybridized carbons (Fsp3) is 0.667. The van der Waals surface area contributed by atoms with E-state index in [1.807, 2.05) is 13.8 Å². The Morgan fingerprint density at radius 2 is 2.38 bits per heavy atom. The lowest BCUT2D eigenvalue weighted by Gasteiger charge is -2.14. The zero-order valence-corrected chi connectivity index (χ0v) is 8.12. The molecule has 1 unspecified atom stereocenters. The van der Waals surface area contributed by atoms with E-state index in [-0.39, 0.29) is 6.10 Å². The van der Waals surface area contributed by atoms with Crippen LogP contribution in [0.15, 0.2) is 12.4 Å². The fourth-order valence-corrected chi connectivity index (χ4v) is 0.969. The quantitative estimate of drug-likeness (QED) is 0.623. The van der Waals surface area contributed by atoms with Gasteiger partial charge in [-0.1, -0.05) is 13.8 Å². The van der Waals surface area contributed by atoms with Gasteiger partial charge in [-0.3, -0.25) is 0 Å². The van der Waals surface area contributed by atoms with Crippen molar-refractivity contribution in [3.8, 4) is 0 Å². The van der Waals surface area contributed by atoms with Crippen molar-refractivity contribution in [3.63, 3.8) is 0 Å². The molecular weight excluding hydrogens is 166 g/mol. The molecule has 0 saturated carbocycles. The zero-order chi connectivity index (χ0) is 9.68. The van der Waals surface area contributed by atoms with Gasteiger partial charge in [0, 0.05) is 18.9 Å². The van der Waals surface area contributed by atoms with Crippen LogP contribution in [0, 0.1) is 5.92 Å². The number of hydrogen-bond acceptors (Lipinski definition) is 3. The van der Waals surface area contributed by atoms with Crippen LogP contribution in [-0.2, 0) is 6.54 Å². The minimum Gasteiger partial charge on any atom is -0.392 e. The molecule has 1 atom stereocenters. The van der Waals surface area contributed by atoms with Gasteiger partial charge in [-0.25, -0.2) is 4.98 Å². The minimum atomic E-state index is -0.282. The summed E-state index contributed by atoms with van der Waals surface area (Å²) in [6.45, 7) is 5.29. The summed E-state index contributed by atoms with van der Waals surface area (Å²) in [6.07, 6.45) is 3.22. The van der Waals surface area contributed by atoms with Gasteiger partial charge in [0.1, 0.15) is 5.82 Å². The lowest BCUT2D eigenvalue weighted by Crippen LogP contribution is -2.30. The average Bonchev–Trinajstić information content (AvgIpc) is 2.56. The SMILES string of the molecule is CC(C)C(O)CNCc1ncc[nH]1. The number of aliphatic hydroxyl groups is 1. The third kappa shape index (κ3) is 3.57. The van der Waals surface area contributed by atoms with E-state index in [4.69, 9.17) is 0 Å². The number of rotatable bonds is 5. The van der Waals surface area contributed by atoms with Gasteiger partial charge in [0.2, 0.25) is 0 Å². The van der Waals surface area contributed by atoms with E-state index in [0.29, 0.717) is 19.0 Å². The molecule has 0 fully saturated rings. The van der Waals surface area contributed by atoms with Crippen molar-refractivity contribution in [3.05, 3.63) is 18.2 Å². The van der Waals surface area contributed by atoms with E-state index < -0.39 is 0 Å². The highest BCUT2D eigenvalue weighted by Crippen LogP contribution is 1.99. The van der Waals surface area contributed by atoms with Crippen molar-refractivity contribution in [1.82, 2.24) is 15.3 Å². The van der Waals surface area contributed by atoms with Gasteiger partial charge in [0.25, 0.3) is 0 Å². The van der Waals surface area contributed by atoms with Crippen LogP contribution >= 0.6 is 0 Å². The molecule has 74 valence electrons. The Morgan fingerprint density at radius 1 is 1.62 bits per heavy atom. The predicted molar refractivity (Wildman–Crippen MR) is 51.1 cm³/mol. The Hall–Kier alpha value is -0.870. The van der Waals surface area contributed by atoms with Gasteiger partial charge in [-0.15, -0.1) is 0 Å². The van der Waals surface area contributed by atoms with Crippen LogP contribution in [0.1, 0.15) is 19.7 Å². The molecule has 1 aromatic heterocycles. The third-order valence-corrected chi connectivity index (χ3v) is 1.97. The minimum absolute atomic E-state index is 0.282. The molecule has 4 heteroatoms. The van der Waals surface area contributed by atoms with E-state index in [0.717, 1.165) is 5.82 Å². The van der Waals surface area contributed by atoms with Gasteiger partial charge >= 0.3 is 0 Å². The van der Waals surface area contributed by atoms with Crippen molar-refractivity contribution in [2.24, 2.45) is 5.92 Å². The first-order valence-corrected chi connectivity index (χ1v) is 4.57. The van der Waals surface area contributed by atoms with Gasteiger partial charge in [0.05, 0.1) is 12.6 Å². The van der Waals surface area contributed by atoms with Crippen LogP contribution < -0.4 is 5.32 Å².